The number of hydrogen-bond acceptors (Lipinski definition) is 1. The van der Waals surface area contributed by atoms with Gasteiger partial charge in [-0.05, 0) is 0 Å². The maximum absolute atomic E-state index is 5.40. The van der Waals surface area contributed by atoms with Crippen molar-refractivity contribution in [3.8, 4) is 0 Å². The Bertz CT molecular complexity index is 147. The summed E-state index contributed by atoms with van der Waals surface area (Å²) in [5, 5.41) is 0.488. The predicted molar refractivity (Wildman–Crippen MR) is 42.1 cm³/mol. The van der Waals surface area contributed by atoms with E-state index in [9.17, 15) is 0 Å². The first-order chi connectivity index (χ1) is 4.39. The second kappa shape index (κ2) is 6.91. The van der Waals surface area contributed by atoms with Gasteiger partial charge in [0.15, 0.2) is 0 Å². The van der Waals surface area contributed by atoms with E-state index in [1.54, 1.807) is 18.3 Å². The van der Waals surface area contributed by atoms with Gasteiger partial charge < -0.3 is 4.98 Å². The van der Waals surface area contributed by atoms with Crippen molar-refractivity contribution in [2.45, 2.75) is 0 Å². The monoisotopic (exact) mass is 303 g/mol. The molecule has 1 nitrogen and oxygen atoms in total. The minimum atomic E-state index is 0.488. The predicted octanol–water partition coefficient (Wildman–Crippen LogP) is 2.42. The van der Waals surface area contributed by atoms with Gasteiger partial charge in [0.2, 0.25) is 0 Å². The van der Waals surface area contributed by atoms with E-state index >= 15 is 0 Å². The van der Waals surface area contributed by atoms with E-state index in [-0.39, 0.29) is 0 Å². The van der Waals surface area contributed by atoms with Crippen molar-refractivity contribution in [3.63, 3.8) is 0 Å². The maximum atomic E-state index is 5.40. The molecule has 0 aliphatic heterocycles. The van der Waals surface area contributed by atoms with Gasteiger partial charge in [-0.25, -0.2) is 0 Å². The standard InChI is InChI=1S/C5H3ClN.HI.Zn/c6-5-3-1-2-4-7-5;;/h2-4H;1H;/q-1;;+2/p-1. The molecule has 0 saturated carbocycles. The van der Waals surface area contributed by atoms with Crippen LogP contribution in [0.4, 0.5) is 0 Å². The van der Waals surface area contributed by atoms with Crippen molar-refractivity contribution < 1.29 is 14.8 Å². The van der Waals surface area contributed by atoms with Gasteiger partial charge >= 0.3 is 34.5 Å². The Morgan fingerprint density at radius 3 is 2.56 bits per heavy atom. The molecule has 0 fully saturated rings. The zero-order chi connectivity index (χ0) is 7.11. The number of rotatable bonds is 0. The van der Waals surface area contributed by atoms with Crippen LogP contribution < -0.4 is 0 Å². The third-order valence-corrected chi connectivity index (χ3v) is 0.778. The third kappa shape index (κ3) is 5.25. The summed E-state index contributed by atoms with van der Waals surface area (Å²) in [6.07, 6.45) is 1.60. The van der Waals surface area contributed by atoms with Crippen LogP contribution in [0.1, 0.15) is 0 Å². The van der Waals surface area contributed by atoms with Gasteiger partial charge in [0.25, 0.3) is 0 Å². The molecule has 0 saturated heterocycles. The zero-order valence-corrected chi connectivity index (χ0v) is 10.5. The molecule has 0 atom stereocenters. The van der Waals surface area contributed by atoms with Crippen molar-refractivity contribution in [3.05, 3.63) is 29.5 Å². The summed E-state index contributed by atoms with van der Waals surface area (Å²) in [5.74, 6) is 0. The second-order valence-corrected chi connectivity index (χ2v) is 1.47. The van der Waals surface area contributed by atoms with E-state index in [4.69, 9.17) is 11.6 Å². The van der Waals surface area contributed by atoms with E-state index in [0.717, 1.165) is 0 Å². The van der Waals surface area contributed by atoms with Crippen molar-refractivity contribution in [2.24, 2.45) is 0 Å². The molecule has 4 heteroatoms. The van der Waals surface area contributed by atoms with E-state index in [1.807, 2.05) is 0 Å². The molecule has 0 aliphatic rings. The van der Waals surface area contributed by atoms with Crippen LogP contribution in [0.3, 0.4) is 0 Å². The molecule has 0 aliphatic carbocycles. The fourth-order valence-electron chi connectivity index (χ4n) is 0.306. The first-order valence-electron chi connectivity index (χ1n) is 2.14. The summed E-state index contributed by atoms with van der Waals surface area (Å²) in [5.41, 5.74) is 0. The van der Waals surface area contributed by atoms with Gasteiger partial charge in [0, 0.05) is 5.15 Å². The average molecular weight is 305 g/mol. The molecular weight excluding hydrogens is 302 g/mol. The number of halogens is 2. The Morgan fingerprint density at radius 2 is 2.33 bits per heavy atom. The van der Waals surface area contributed by atoms with Gasteiger partial charge in [0.05, 0.1) is 0 Å². The van der Waals surface area contributed by atoms with E-state index < -0.39 is 0 Å². The normalized spacial score (nSPS) is 7.56. The molecule has 0 N–H and O–H groups in total. The van der Waals surface area contributed by atoms with Crippen molar-refractivity contribution in [2.75, 3.05) is 0 Å². The average Bonchev–Trinajstić information content (AvgIpc) is 1.94. The molecule has 1 aromatic rings. The van der Waals surface area contributed by atoms with Crippen molar-refractivity contribution >= 4 is 31.4 Å². The van der Waals surface area contributed by atoms with Crippen LogP contribution in [0.25, 0.3) is 0 Å². The van der Waals surface area contributed by atoms with E-state index in [2.05, 4.69) is 30.8 Å². The molecule has 1 aromatic heterocycles. The number of hydrogen-bond donors (Lipinski definition) is 0. The number of nitrogens with zero attached hydrogens (tertiary/aromatic N) is 1. The molecule has 1 heterocycles. The van der Waals surface area contributed by atoms with Crippen molar-refractivity contribution in [1.29, 1.82) is 0 Å². The minimum absolute atomic E-state index is 0.488. The van der Waals surface area contributed by atoms with E-state index in [0.29, 0.717) is 5.15 Å². The zero-order valence-electron chi connectivity index (χ0n) is 4.64. The summed E-state index contributed by atoms with van der Waals surface area (Å²) in [7, 11) is 0. The van der Waals surface area contributed by atoms with Crippen LogP contribution in [0.2, 0.25) is 5.15 Å². The van der Waals surface area contributed by atoms with Crippen LogP contribution in [-0.2, 0) is 14.8 Å². The van der Waals surface area contributed by atoms with Crippen LogP contribution in [0.15, 0.2) is 18.3 Å². The van der Waals surface area contributed by atoms with Gasteiger partial charge in [-0.1, -0.05) is 6.20 Å². The Labute approximate surface area is 80.1 Å². The fraction of sp³-hybridized carbons (Fsp3) is 0. The second-order valence-electron chi connectivity index (χ2n) is 1.08. The molecule has 0 radical (unpaired) electrons. The number of aromatic nitrogens is 1. The molecule has 0 amide bonds. The van der Waals surface area contributed by atoms with Gasteiger partial charge in [-0.2, -0.15) is 12.1 Å². The third-order valence-electron chi connectivity index (χ3n) is 0.571. The van der Waals surface area contributed by atoms with E-state index in [1.165, 1.54) is 14.8 Å². The Hall–Kier alpha value is 0.793. The van der Waals surface area contributed by atoms with Gasteiger partial charge in [-0.15, -0.1) is 17.7 Å². The molecule has 9 heavy (non-hydrogen) atoms. The Kier molecular flexibility index (Phi) is 7.52. The Morgan fingerprint density at radius 1 is 1.67 bits per heavy atom. The summed E-state index contributed by atoms with van der Waals surface area (Å²) in [6.45, 7) is 0. The van der Waals surface area contributed by atoms with Crippen LogP contribution in [0.5, 0.6) is 0 Å². The summed E-state index contributed by atoms with van der Waals surface area (Å²) in [4.78, 5) is 3.71. The van der Waals surface area contributed by atoms with Crippen molar-refractivity contribution in [1.82, 2.24) is 4.98 Å². The van der Waals surface area contributed by atoms with Crippen LogP contribution >= 0.6 is 31.4 Å². The molecule has 44 valence electrons. The first kappa shape index (κ1) is 9.79. The topological polar surface area (TPSA) is 12.9 Å². The molecule has 0 spiro atoms. The van der Waals surface area contributed by atoms with Crippen LogP contribution in [-0.4, -0.2) is 4.98 Å². The molecule has 0 aromatic carbocycles. The first-order valence-corrected chi connectivity index (χ1v) is 11.6. The molecular formula is C5H3ClINZn. The molecule has 1 rings (SSSR count). The quantitative estimate of drug-likeness (QED) is 0.310. The van der Waals surface area contributed by atoms with Crippen LogP contribution in [0, 0.1) is 6.07 Å². The molecule has 0 bridgehead atoms. The Balaban J connectivity index is 0.000000291. The fourth-order valence-corrected chi connectivity index (χ4v) is 0.425. The van der Waals surface area contributed by atoms with Gasteiger partial charge in [0.1, 0.15) is 0 Å². The summed E-state index contributed by atoms with van der Waals surface area (Å²) < 4.78 is 0. The van der Waals surface area contributed by atoms with Gasteiger partial charge in [-0.3, -0.25) is 0 Å². The number of pyridine rings is 1. The summed E-state index contributed by atoms with van der Waals surface area (Å²) in [6, 6.07) is 6.08. The SMILES string of the molecule is Clc1c[c-]ccn1.[Zn+][I]. The summed E-state index contributed by atoms with van der Waals surface area (Å²) >= 11 is 9.02. The molecule has 0 unspecified atom stereocenters.